The Labute approximate surface area is 162 Å². The highest BCUT2D eigenvalue weighted by molar-refractivity contribution is 7.89. The number of nitrogens with one attached hydrogen (secondary N) is 1. The summed E-state index contributed by atoms with van der Waals surface area (Å²) in [5, 5.41) is 5.85. The summed E-state index contributed by atoms with van der Waals surface area (Å²) in [6, 6.07) is 10.5. The van der Waals surface area contributed by atoms with E-state index in [9.17, 15) is 13.2 Å². The van der Waals surface area contributed by atoms with Gasteiger partial charge in [0.1, 0.15) is 0 Å². The van der Waals surface area contributed by atoms with Crippen molar-refractivity contribution in [2.45, 2.75) is 17.7 Å². The fourth-order valence-corrected chi connectivity index (χ4v) is 4.60. The Balaban J connectivity index is 1.50. The molecule has 1 N–H and O–H groups in total. The number of hydrogen-bond donors (Lipinski definition) is 1. The van der Waals surface area contributed by atoms with Crippen molar-refractivity contribution in [3.63, 3.8) is 0 Å². The minimum Gasteiger partial charge on any atom is -0.379 e. The molecule has 0 aliphatic carbocycles. The van der Waals surface area contributed by atoms with Gasteiger partial charge in [-0.05, 0) is 35.6 Å². The van der Waals surface area contributed by atoms with E-state index in [4.69, 9.17) is 4.74 Å². The number of carbonyl (C=O) groups excluding carboxylic acids is 1. The van der Waals surface area contributed by atoms with E-state index in [0.717, 1.165) is 10.4 Å². The third-order valence-electron chi connectivity index (χ3n) is 4.10. The van der Waals surface area contributed by atoms with Crippen LogP contribution in [0.25, 0.3) is 0 Å². The maximum absolute atomic E-state index is 12.6. The Morgan fingerprint density at radius 2 is 1.96 bits per heavy atom. The van der Waals surface area contributed by atoms with Crippen LogP contribution in [0.4, 0.5) is 0 Å². The number of rotatable bonds is 7. The largest absolute Gasteiger partial charge is 0.379 e. The Hall–Kier alpha value is -2.07. The van der Waals surface area contributed by atoms with E-state index in [1.165, 1.54) is 15.6 Å². The molecule has 144 valence electrons. The first-order chi connectivity index (χ1) is 13.1. The van der Waals surface area contributed by atoms with Gasteiger partial charge in [-0.2, -0.15) is 9.41 Å². The maximum Gasteiger partial charge on any atom is 0.243 e. The summed E-state index contributed by atoms with van der Waals surface area (Å²) in [6.45, 7) is 1.58. The first-order valence-corrected chi connectivity index (χ1v) is 10.9. The topological polar surface area (TPSA) is 88.1 Å². The van der Waals surface area contributed by atoms with Gasteiger partial charge in [-0.15, -0.1) is 11.3 Å². The number of amides is 1. The SMILES string of the molecule is O=C(CCc1ccc(S(=O)(=O)N2CCOCC2)cc1)N/N=C/c1cccs1. The minimum absolute atomic E-state index is 0.187. The average Bonchev–Trinajstić information content (AvgIpc) is 3.21. The van der Waals surface area contributed by atoms with Crippen LogP contribution in [-0.2, 0) is 26.0 Å². The molecule has 0 unspecified atom stereocenters. The Kier molecular flexibility index (Phi) is 6.73. The molecule has 1 aromatic heterocycles. The zero-order chi connectivity index (χ0) is 19.1. The van der Waals surface area contributed by atoms with Crippen molar-refractivity contribution >= 4 is 33.5 Å². The molecule has 0 radical (unpaired) electrons. The number of aryl methyl sites for hydroxylation is 1. The fraction of sp³-hybridized carbons (Fsp3) is 0.333. The van der Waals surface area contributed by atoms with Crippen molar-refractivity contribution in [3.05, 3.63) is 52.2 Å². The molecule has 0 saturated carbocycles. The highest BCUT2D eigenvalue weighted by atomic mass is 32.2. The van der Waals surface area contributed by atoms with Crippen LogP contribution in [0.3, 0.4) is 0 Å². The summed E-state index contributed by atoms with van der Waals surface area (Å²) < 4.78 is 31.8. The quantitative estimate of drug-likeness (QED) is 0.560. The summed E-state index contributed by atoms with van der Waals surface area (Å²) in [5.41, 5.74) is 3.39. The van der Waals surface area contributed by atoms with Crippen LogP contribution in [0.15, 0.2) is 51.8 Å². The first kappa shape index (κ1) is 19.7. The van der Waals surface area contributed by atoms with Gasteiger partial charge in [0.05, 0.1) is 24.3 Å². The lowest BCUT2D eigenvalue weighted by Gasteiger charge is -2.26. The Bertz CT molecular complexity index is 872. The second-order valence-electron chi connectivity index (χ2n) is 5.97. The molecule has 0 atom stereocenters. The molecule has 1 amide bonds. The van der Waals surface area contributed by atoms with E-state index in [1.54, 1.807) is 30.5 Å². The molecule has 3 rings (SSSR count). The van der Waals surface area contributed by atoms with E-state index in [0.29, 0.717) is 32.7 Å². The van der Waals surface area contributed by atoms with E-state index in [1.807, 2.05) is 17.5 Å². The maximum atomic E-state index is 12.6. The predicted molar refractivity (Wildman–Crippen MR) is 104 cm³/mol. The third-order valence-corrected chi connectivity index (χ3v) is 6.82. The fourth-order valence-electron chi connectivity index (χ4n) is 2.61. The molecule has 27 heavy (non-hydrogen) atoms. The number of hydrogen-bond acceptors (Lipinski definition) is 6. The minimum atomic E-state index is -3.49. The van der Waals surface area contributed by atoms with Crippen LogP contribution in [0.1, 0.15) is 16.9 Å². The first-order valence-electron chi connectivity index (χ1n) is 8.58. The van der Waals surface area contributed by atoms with E-state index < -0.39 is 10.0 Å². The molecule has 9 heteroatoms. The van der Waals surface area contributed by atoms with E-state index >= 15 is 0 Å². The lowest BCUT2D eigenvalue weighted by atomic mass is 10.1. The van der Waals surface area contributed by atoms with E-state index in [2.05, 4.69) is 10.5 Å². The lowest BCUT2D eigenvalue weighted by Crippen LogP contribution is -2.40. The summed E-state index contributed by atoms with van der Waals surface area (Å²) in [7, 11) is -3.49. The number of benzene rings is 1. The van der Waals surface area contributed by atoms with Crippen molar-refractivity contribution in [1.82, 2.24) is 9.73 Å². The van der Waals surface area contributed by atoms with Crippen molar-refractivity contribution in [1.29, 1.82) is 0 Å². The Morgan fingerprint density at radius 3 is 2.63 bits per heavy atom. The second kappa shape index (κ2) is 9.23. The molecule has 2 aromatic rings. The van der Waals surface area contributed by atoms with Gasteiger partial charge in [0.2, 0.25) is 15.9 Å². The predicted octanol–water partition coefficient (Wildman–Crippen LogP) is 1.85. The van der Waals surface area contributed by atoms with Gasteiger partial charge in [-0.25, -0.2) is 13.8 Å². The molecular weight excluding hydrogens is 386 g/mol. The van der Waals surface area contributed by atoms with Crippen LogP contribution < -0.4 is 5.43 Å². The van der Waals surface area contributed by atoms with Gasteiger partial charge in [-0.3, -0.25) is 4.79 Å². The van der Waals surface area contributed by atoms with Crippen LogP contribution >= 0.6 is 11.3 Å². The third kappa shape index (κ3) is 5.46. The summed E-state index contributed by atoms with van der Waals surface area (Å²) in [4.78, 5) is 13.1. The summed E-state index contributed by atoms with van der Waals surface area (Å²) in [5.74, 6) is -0.187. The smallest absolute Gasteiger partial charge is 0.243 e. The zero-order valence-electron chi connectivity index (χ0n) is 14.7. The van der Waals surface area contributed by atoms with Crippen LogP contribution in [0, 0.1) is 0 Å². The molecule has 1 saturated heterocycles. The van der Waals surface area contributed by atoms with Crippen molar-refractivity contribution in [2.75, 3.05) is 26.3 Å². The van der Waals surface area contributed by atoms with Crippen molar-refractivity contribution in [3.8, 4) is 0 Å². The summed E-state index contributed by atoms with van der Waals surface area (Å²) in [6.07, 6.45) is 2.39. The molecule has 0 spiro atoms. The second-order valence-corrected chi connectivity index (χ2v) is 8.89. The molecular formula is C18H21N3O4S2. The number of sulfonamides is 1. The van der Waals surface area contributed by atoms with E-state index in [-0.39, 0.29) is 17.2 Å². The van der Waals surface area contributed by atoms with Crippen LogP contribution in [-0.4, -0.2) is 51.1 Å². The number of nitrogens with zero attached hydrogens (tertiary/aromatic N) is 2. The normalized spacial score (nSPS) is 15.9. The van der Waals surface area contributed by atoms with Gasteiger partial charge in [-0.1, -0.05) is 18.2 Å². The molecule has 0 bridgehead atoms. The zero-order valence-corrected chi connectivity index (χ0v) is 16.3. The average molecular weight is 408 g/mol. The van der Waals surface area contributed by atoms with Crippen molar-refractivity contribution < 1.29 is 17.9 Å². The number of hydrazone groups is 1. The van der Waals surface area contributed by atoms with Gasteiger partial charge >= 0.3 is 0 Å². The molecule has 1 aliphatic rings. The van der Waals surface area contributed by atoms with Crippen LogP contribution in [0.5, 0.6) is 0 Å². The van der Waals surface area contributed by atoms with Gasteiger partial charge in [0.15, 0.2) is 0 Å². The number of ether oxygens (including phenoxy) is 1. The number of thiophene rings is 1. The van der Waals surface area contributed by atoms with Crippen LogP contribution in [0.2, 0.25) is 0 Å². The van der Waals surface area contributed by atoms with Gasteiger partial charge in [0.25, 0.3) is 0 Å². The van der Waals surface area contributed by atoms with Gasteiger partial charge < -0.3 is 4.74 Å². The van der Waals surface area contributed by atoms with Gasteiger partial charge in [0, 0.05) is 24.4 Å². The molecule has 1 aliphatic heterocycles. The highest BCUT2D eigenvalue weighted by Gasteiger charge is 2.26. The molecule has 7 nitrogen and oxygen atoms in total. The molecule has 2 heterocycles. The molecule has 1 aromatic carbocycles. The van der Waals surface area contributed by atoms with Crippen molar-refractivity contribution in [2.24, 2.45) is 5.10 Å². The summed E-state index contributed by atoms with van der Waals surface area (Å²) >= 11 is 1.54. The standard InChI is InChI=1S/C18H21N3O4S2/c22-18(20-19-14-16-2-1-13-26-16)8-5-15-3-6-17(7-4-15)27(23,24)21-9-11-25-12-10-21/h1-4,6-7,13-14H,5,8-12H2,(H,20,22)/b19-14+. The highest BCUT2D eigenvalue weighted by Crippen LogP contribution is 2.18. The lowest BCUT2D eigenvalue weighted by molar-refractivity contribution is -0.121. The number of morpholine rings is 1. The Morgan fingerprint density at radius 1 is 1.22 bits per heavy atom. The number of carbonyl (C=O) groups is 1. The monoisotopic (exact) mass is 407 g/mol. The molecule has 1 fully saturated rings.